The summed E-state index contributed by atoms with van der Waals surface area (Å²) in [4.78, 5) is 21.2. The van der Waals surface area contributed by atoms with Crippen LogP contribution in [0.4, 0.5) is 0 Å². The summed E-state index contributed by atoms with van der Waals surface area (Å²) in [5.41, 5.74) is 0. The van der Waals surface area contributed by atoms with Crippen LogP contribution in [0.5, 0.6) is 0 Å². The van der Waals surface area contributed by atoms with Crippen molar-refractivity contribution >= 4 is 23.9 Å². The van der Waals surface area contributed by atoms with Crippen LogP contribution in [0.15, 0.2) is 0 Å². The Hall–Kier alpha value is 0.482. The van der Waals surface area contributed by atoms with Crippen LogP contribution < -0.4 is 0 Å². The molecule has 0 aromatic carbocycles. The Kier molecular flexibility index (Phi) is 39.0. The molecule has 3 nitrogen and oxygen atoms in total. The van der Waals surface area contributed by atoms with E-state index >= 15 is 0 Å². The number of esters is 1. The number of alkyl halides is 1. The summed E-state index contributed by atoms with van der Waals surface area (Å²) < 4.78 is 4.69. The minimum Gasteiger partial charge on any atom is -0.542 e. The average Bonchev–Trinajstić information content (AvgIpc) is 2.68. The predicted octanol–water partition coefficient (Wildman–Crippen LogP) is 8.09. The molecule has 0 aliphatic carbocycles. The summed E-state index contributed by atoms with van der Waals surface area (Å²) in [6.45, 7) is 4.00. The zero-order chi connectivity index (χ0) is 21.1. The van der Waals surface area contributed by atoms with Crippen LogP contribution in [0.2, 0.25) is 0 Å². The zero-order valence-corrected chi connectivity index (χ0v) is 24.0. The number of halogens is 1. The summed E-state index contributed by atoms with van der Waals surface area (Å²) >= 11 is 5.33. The Labute approximate surface area is 210 Å². The van der Waals surface area contributed by atoms with Crippen molar-refractivity contribution in [2.75, 3.05) is 6.07 Å². The van der Waals surface area contributed by atoms with Crippen molar-refractivity contribution in [2.24, 2.45) is 0 Å². The SMILES string of the molecule is C[CH-]C.O=[C-]CCCCCCCCCCCCCCCCCCC(=O)OCCl.[U+2]. The fraction of sp³-hybridized carbons (Fsp3) is 0.875. The normalized spacial score (nSPS) is 9.90. The van der Waals surface area contributed by atoms with Crippen LogP contribution in [-0.4, -0.2) is 18.3 Å². The van der Waals surface area contributed by atoms with Crippen LogP contribution in [0.25, 0.3) is 0 Å². The minimum atomic E-state index is -0.174. The van der Waals surface area contributed by atoms with Crippen LogP contribution in [-0.2, 0) is 14.3 Å². The van der Waals surface area contributed by atoms with E-state index in [9.17, 15) is 9.59 Å². The molecule has 0 aliphatic rings. The van der Waals surface area contributed by atoms with Gasteiger partial charge in [-0.1, -0.05) is 108 Å². The van der Waals surface area contributed by atoms with E-state index in [1.807, 2.05) is 26.6 Å². The summed E-state index contributed by atoms with van der Waals surface area (Å²) in [6.07, 6.45) is 25.3. The van der Waals surface area contributed by atoms with E-state index in [0.29, 0.717) is 12.8 Å². The van der Waals surface area contributed by atoms with Crippen molar-refractivity contribution in [1.82, 2.24) is 0 Å². The van der Waals surface area contributed by atoms with Crippen molar-refractivity contribution < 1.29 is 45.4 Å². The van der Waals surface area contributed by atoms with Crippen molar-refractivity contribution in [3.63, 3.8) is 0 Å². The maximum absolute atomic E-state index is 11.1. The maximum Gasteiger partial charge on any atom is 2.00 e. The molecule has 0 N–H and O–H groups in total. The monoisotopic (exact) mass is 654 g/mol. The molecule has 0 aromatic rings. The number of carbonyl (C=O) groups is 1. The third-order valence-electron chi connectivity index (χ3n) is 4.63. The molecule has 0 heterocycles. The predicted molar refractivity (Wildman–Crippen MR) is 121 cm³/mol. The van der Waals surface area contributed by atoms with Gasteiger partial charge in [-0.25, -0.2) is 0 Å². The first-order chi connectivity index (χ1) is 13.7. The second-order valence-electron chi connectivity index (χ2n) is 7.50. The zero-order valence-electron chi connectivity index (χ0n) is 19.1. The van der Waals surface area contributed by atoms with Gasteiger partial charge >= 0.3 is 37.1 Å². The molecule has 0 unspecified atom stereocenters. The number of carbonyl (C=O) groups excluding carboxylic acids is 2. The van der Waals surface area contributed by atoms with E-state index in [4.69, 9.17) is 11.6 Å². The van der Waals surface area contributed by atoms with E-state index in [1.54, 1.807) is 0 Å². The first-order valence-electron chi connectivity index (χ1n) is 11.5. The van der Waals surface area contributed by atoms with Gasteiger partial charge in [-0.3, -0.25) is 11.1 Å². The van der Waals surface area contributed by atoms with Crippen molar-refractivity contribution in [3.05, 3.63) is 6.42 Å². The first-order valence-corrected chi connectivity index (χ1v) is 12.1. The molecule has 0 aromatic heterocycles. The fourth-order valence-electron chi connectivity index (χ4n) is 3.07. The molecule has 0 spiro atoms. The number of hydrogen-bond donors (Lipinski definition) is 0. The van der Waals surface area contributed by atoms with Gasteiger partial charge in [0.2, 0.25) is 0 Å². The summed E-state index contributed by atoms with van der Waals surface area (Å²) in [7, 11) is 0. The Morgan fingerprint density at radius 3 is 1.34 bits per heavy atom. The van der Waals surface area contributed by atoms with Gasteiger partial charge in [-0.2, -0.15) is 20.3 Å². The molecule has 5 heteroatoms. The molecule has 0 rings (SSSR count). The number of rotatable bonds is 20. The average molecular weight is 655 g/mol. The molecular weight excluding hydrogens is 610 g/mol. The molecule has 0 saturated heterocycles. The third-order valence-corrected chi connectivity index (χ3v) is 4.73. The van der Waals surface area contributed by atoms with E-state index in [1.165, 1.54) is 83.5 Å². The van der Waals surface area contributed by atoms with E-state index < -0.39 is 0 Å². The van der Waals surface area contributed by atoms with Gasteiger partial charge in [0.25, 0.3) is 0 Å². The fourth-order valence-corrected chi connectivity index (χ4v) is 3.20. The minimum absolute atomic E-state index is 0. The van der Waals surface area contributed by atoms with Gasteiger partial charge in [0, 0.05) is 6.42 Å². The van der Waals surface area contributed by atoms with E-state index in [-0.39, 0.29) is 43.1 Å². The van der Waals surface area contributed by atoms with E-state index in [0.717, 1.165) is 19.3 Å². The standard InChI is InChI=1S/C21H38ClO3.C3H7.U/c22-20-25-21(24)18-16-14-12-10-8-6-4-2-1-3-5-7-9-11-13-15-17-19-23;1-3-2;/h1-18,20H2;3H,1-2H3;/q2*-1;+2. The smallest absolute Gasteiger partial charge is 0.542 e. The molecule has 0 bridgehead atoms. The second-order valence-corrected chi connectivity index (χ2v) is 7.72. The maximum atomic E-state index is 11.1. The Morgan fingerprint density at radius 1 is 0.724 bits per heavy atom. The number of ether oxygens (including phenoxy) is 1. The topological polar surface area (TPSA) is 43.4 Å². The molecule has 0 radical (unpaired) electrons. The van der Waals surface area contributed by atoms with Crippen LogP contribution in [0.3, 0.4) is 0 Å². The summed E-state index contributed by atoms with van der Waals surface area (Å²) in [6, 6.07) is -0.0275. The third kappa shape index (κ3) is 36.2. The molecular formula is C24H45ClO3U. The van der Waals surface area contributed by atoms with Gasteiger partial charge in [-0.15, -0.1) is 0 Å². The molecule has 0 saturated carbocycles. The molecule has 0 atom stereocenters. The number of hydrogen-bond acceptors (Lipinski definition) is 3. The molecule has 0 aliphatic heterocycles. The van der Waals surface area contributed by atoms with Crippen molar-refractivity contribution in [1.29, 1.82) is 0 Å². The molecule has 0 fully saturated rings. The summed E-state index contributed by atoms with van der Waals surface area (Å²) in [5, 5.41) is 0. The largest absolute Gasteiger partial charge is 2.00 e. The van der Waals surface area contributed by atoms with Gasteiger partial charge in [0.15, 0.2) is 6.07 Å². The second kappa shape index (κ2) is 33.1. The van der Waals surface area contributed by atoms with Gasteiger partial charge in [0.1, 0.15) is 0 Å². The Balaban J connectivity index is -0.00000158. The van der Waals surface area contributed by atoms with Crippen LogP contribution in [0.1, 0.15) is 129 Å². The quantitative estimate of drug-likeness (QED) is 0.0577. The molecule has 170 valence electrons. The Bertz CT molecular complexity index is 315. The number of unbranched alkanes of at least 4 members (excludes halogenated alkanes) is 16. The summed E-state index contributed by atoms with van der Waals surface area (Å²) in [5.74, 6) is -0.174. The van der Waals surface area contributed by atoms with E-state index in [2.05, 4.69) is 4.74 Å². The van der Waals surface area contributed by atoms with Gasteiger partial charge in [0.05, 0.1) is 0 Å². The molecule has 29 heavy (non-hydrogen) atoms. The first kappa shape index (κ1) is 34.1. The Morgan fingerprint density at radius 2 is 1.03 bits per heavy atom. The van der Waals surface area contributed by atoms with Gasteiger partial charge < -0.3 is 16.0 Å². The molecule has 0 amide bonds. The van der Waals surface area contributed by atoms with Crippen LogP contribution in [0, 0.1) is 37.5 Å². The van der Waals surface area contributed by atoms with Crippen molar-refractivity contribution in [2.45, 2.75) is 129 Å². The van der Waals surface area contributed by atoms with Gasteiger partial charge in [-0.05, 0) is 6.42 Å². The van der Waals surface area contributed by atoms with Crippen molar-refractivity contribution in [3.8, 4) is 0 Å². The van der Waals surface area contributed by atoms with Crippen LogP contribution >= 0.6 is 11.6 Å².